The van der Waals surface area contributed by atoms with E-state index < -0.39 is 10.8 Å². The van der Waals surface area contributed by atoms with Crippen LogP contribution in [0, 0.1) is 0 Å². The first-order valence-electron chi connectivity index (χ1n) is 4.16. The topological polar surface area (TPSA) is 20.3 Å². The molecule has 1 aliphatic rings. The highest BCUT2D eigenvalue weighted by Gasteiger charge is 2.23. The summed E-state index contributed by atoms with van der Waals surface area (Å²) in [4.78, 5) is 3.03. The maximum atomic E-state index is 11.6. The molecule has 0 saturated carbocycles. The standard InChI is InChI=1S/C10H11NOS/c1-2-7-11-8-13(12)10-6-4-3-5-9(10)11/h2-6H,1,7-8H2. The lowest BCUT2D eigenvalue weighted by atomic mass is 10.3. The largest absolute Gasteiger partial charge is 0.355 e. The Hall–Kier alpha value is -1.09. The van der Waals surface area contributed by atoms with Gasteiger partial charge < -0.3 is 4.90 Å². The van der Waals surface area contributed by atoms with E-state index in [4.69, 9.17) is 0 Å². The zero-order valence-corrected chi connectivity index (χ0v) is 8.09. The molecule has 0 N–H and O–H groups in total. The average Bonchev–Trinajstić information content (AvgIpc) is 2.46. The molecule has 0 radical (unpaired) electrons. The van der Waals surface area contributed by atoms with Gasteiger partial charge in [-0.1, -0.05) is 18.2 Å². The van der Waals surface area contributed by atoms with Gasteiger partial charge in [0.25, 0.3) is 0 Å². The van der Waals surface area contributed by atoms with Crippen LogP contribution < -0.4 is 4.90 Å². The van der Waals surface area contributed by atoms with Crippen molar-refractivity contribution in [2.24, 2.45) is 0 Å². The average molecular weight is 193 g/mol. The summed E-state index contributed by atoms with van der Waals surface area (Å²) in [5.41, 5.74) is 1.08. The highest BCUT2D eigenvalue weighted by molar-refractivity contribution is 7.85. The Morgan fingerprint density at radius 1 is 1.54 bits per heavy atom. The second-order valence-corrected chi connectivity index (χ2v) is 4.34. The molecule has 1 aromatic carbocycles. The number of nitrogens with zero attached hydrogens (tertiary/aromatic N) is 1. The zero-order valence-electron chi connectivity index (χ0n) is 7.27. The van der Waals surface area contributed by atoms with E-state index in [9.17, 15) is 4.21 Å². The van der Waals surface area contributed by atoms with Crippen molar-refractivity contribution in [3.05, 3.63) is 36.9 Å². The SMILES string of the molecule is C=CCN1CS(=O)c2ccccc21. The number of fused-ring (bicyclic) bond motifs is 1. The Labute approximate surface area is 80.3 Å². The molecular formula is C10H11NOS. The smallest absolute Gasteiger partial charge is 0.0989 e. The fraction of sp³-hybridized carbons (Fsp3) is 0.200. The van der Waals surface area contributed by atoms with E-state index in [0.29, 0.717) is 5.88 Å². The van der Waals surface area contributed by atoms with Crippen LogP contribution in [0.15, 0.2) is 41.8 Å². The summed E-state index contributed by atoms with van der Waals surface area (Å²) < 4.78 is 11.6. The predicted molar refractivity (Wildman–Crippen MR) is 55.3 cm³/mol. The fourth-order valence-corrected chi connectivity index (χ4v) is 2.83. The molecule has 0 amide bonds. The maximum absolute atomic E-state index is 11.6. The van der Waals surface area contributed by atoms with Crippen LogP contribution in [-0.2, 0) is 10.8 Å². The number of hydrogen-bond acceptors (Lipinski definition) is 2. The van der Waals surface area contributed by atoms with Crippen molar-refractivity contribution in [2.75, 3.05) is 17.3 Å². The molecular weight excluding hydrogens is 182 g/mol. The van der Waals surface area contributed by atoms with Gasteiger partial charge in [-0.3, -0.25) is 4.21 Å². The second-order valence-electron chi connectivity index (χ2n) is 2.95. The van der Waals surface area contributed by atoms with Gasteiger partial charge in [0.15, 0.2) is 0 Å². The summed E-state index contributed by atoms with van der Waals surface area (Å²) in [6, 6.07) is 7.82. The Balaban J connectivity index is 2.41. The van der Waals surface area contributed by atoms with E-state index in [1.54, 1.807) is 0 Å². The molecule has 0 bridgehead atoms. The molecule has 1 heterocycles. The van der Waals surface area contributed by atoms with Crippen molar-refractivity contribution >= 4 is 16.5 Å². The summed E-state index contributed by atoms with van der Waals surface area (Å²) in [6.07, 6.45) is 1.83. The Kier molecular flexibility index (Phi) is 2.19. The molecule has 0 spiro atoms. The molecule has 68 valence electrons. The molecule has 1 unspecified atom stereocenters. The van der Waals surface area contributed by atoms with Gasteiger partial charge in [-0.15, -0.1) is 6.58 Å². The quantitative estimate of drug-likeness (QED) is 0.667. The molecule has 1 atom stereocenters. The highest BCUT2D eigenvalue weighted by Crippen LogP contribution is 2.30. The number of anilines is 1. The number of benzene rings is 1. The van der Waals surface area contributed by atoms with E-state index in [0.717, 1.165) is 17.1 Å². The lowest BCUT2D eigenvalue weighted by molar-refractivity contribution is 0.685. The van der Waals surface area contributed by atoms with E-state index in [1.807, 2.05) is 30.3 Å². The Morgan fingerprint density at radius 2 is 2.31 bits per heavy atom. The Bertz CT molecular complexity index is 362. The van der Waals surface area contributed by atoms with Gasteiger partial charge in [0.05, 0.1) is 27.3 Å². The number of hydrogen-bond donors (Lipinski definition) is 0. The zero-order chi connectivity index (χ0) is 9.26. The van der Waals surface area contributed by atoms with Gasteiger partial charge in [-0.25, -0.2) is 0 Å². The van der Waals surface area contributed by atoms with Crippen LogP contribution in [0.3, 0.4) is 0 Å². The molecule has 1 aliphatic heterocycles. The summed E-state index contributed by atoms with van der Waals surface area (Å²) in [5, 5.41) is 0. The van der Waals surface area contributed by atoms with Crippen LogP contribution in [0.2, 0.25) is 0 Å². The molecule has 0 fully saturated rings. The lowest BCUT2D eigenvalue weighted by Crippen LogP contribution is -2.20. The van der Waals surface area contributed by atoms with E-state index >= 15 is 0 Å². The minimum Gasteiger partial charge on any atom is -0.355 e. The predicted octanol–water partition coefficient (Wildman–Crippen LogP) is 1.76. The second kappa shape index (κ2) is 3.34. The summed E-state index contributed by atoms with van der Waals surface area (Å²) in [7, 11) is -0.851. The maximum Gasteiger partial charge on any atom is 0.0989 e. The first-order chi connectivity index (χ1) is 6.33. The first-order valence-corrected chi connectivity index (χ1v) is 5.48. The van der Waals surface area contributed by atoms with Crippen molar-refractivity contribution in [2.45, 2.75) is 4.90 Å². The van der Waals surface area contributed by atoms with Crippen LogP contribution >= 0.6 is 0 Å². The summed E-state index contributed by atoms with van der Waals surface area (Å²) in [5.74, 6) is 0.603. The van der Waals surface area contributed by atoms with Crippen molar-refractivity contribution in [1.29, 1.82) is 0 Å². The third-order valence-corrected chi connectivity index (χ3v) is 3.46. The molecule has 2 nitrogen and oxygen atoms in total. The van der Waals surface area contributed by atoms with Crippen LogP contribution in [0.1, 0.15) is 0 Å². The molecule has 0 saturated heterocycles. The molecule has 1 aromatic rings. The van der Waals surface area contributed by atoms with Gasteiger partial charge in [0, 0.05) is 6.54 Å². The summed E-state index contributed by atoms with van der Waals surface area (Å²) in [6.45, 7) is 4.45. The van der Waals surface area contributed by atoms with Gasteiger partial charge >= 0.3 is 0 Å². The van der Waals surface area contributed by atoms with Crippen molar-refractivity contribution in [1.82, 2.24) is 0 Å². The van der Waals surface area contributed by atoms with Crippen molar-refractivity contribution in [3.63, 3.8) is 0 Å². The fourth-order valence-electron chi connectivity index (χ4n) is 1.50. The van der Waals surface area contributed by atoms with E-state index in [2.05, 4.69) is 11.5 Å². The third-order valence-electron chi connectivity index (χ3n) is 2.07. The van der Waals surface area contributed by atoms with Crippen LogP contribution in [-0.4, -0.2) is 16.6 Å². The molecule has 2 rings (SSSR count). The lowest BCUT2D eigenvalue weighted by Gasteiger charge is -2.14. The number of rotatable bonds is 2. The van der Waals surface area contributed by atoms with Crippen LogP contribution in [0.4, 0.5) is 5.69 Å². The van der Waals surface area contributed by atoms with Crippen molar-refractivity contribution < 1.29 is 4.21 Å². The van der Waals surface area contributed by atoms with Crippen LogP contribution in [0.5, 0.6) is 0 Å². The van der Waals surface area contributed by atoms with Gasteiger partial charge in [0.1, 0.15) is 0 Å². The third kappa shape index (κ3) is 1.40. The minimum absolute atomic E-state index is 0.603. The minimum atomic E-state index is -0.851. The number of para-hydroxylation sites is 1. The highest BCUT2D eigenvalue weighted by atomic mass is 32.2. The molecule has 13 heavy (non-hydrogen) atoms. The van der Waals surface area contributed by atoms with Gasteiger partial charge in [-0.05, 0) is 12.1 Å². The molecule has 0 aliphatic carbocycles. The molecule has 3 heteroatoms. The Morgan fingerprint density at radius 3 is 3.08 bits per heavy atom. The first kappa shape index (κ1) is 8.51. The summed E-state index contributed by atoms with van der Waals surface area (Å²) >= 11 is 0. The van der Waals surface area contributed by atoms with Crippen molar-refractivity contribution in [3.8, 4) is 0 Å². The van der Waals surface area contributed by atoms with E-state index in [1.165, 1.54) is 0 Å². The monoisotopic (exact) mass is 193 g/mol. The van der Waals surface area contributed by atoms with Gasteiger partial charge in [0.2, 0.25) is 0 Å². The van der Waals surface area contributed by atoms with E-state index in [-0.39, 0.29) is 0 Å². The molecule has 0 aromatic heterocycles. The normalized spacial score (nSPS) is 20.0. The van der Waals surface area contributed by atoms with Crippen LogP contribution in [0.25, 0.3) is 0 Å². The van der Waals surface area contributed by atoms with Gasteiger partial charge in [-0.2, -0.15) is 0 Å².